The van der Waals surface area contributed by atoms with Crippen LogP contribution in [-0.2, 0) is 6.18 Å². The number of hydrogen-bond donors (Lipinski definition) is 1. The Morgan fingerprint density at radius 3 is 2.55 bits per heavy atom. The van der Waals surface area contributed by atoms with Gasteiger partial charge in [-0.1, -0.05) is 50.6 Å². The van der Waals surface area contributed by atoms with Crippen LogP contribution >= 0.6 is 34.3 Å². The standard InChI is InChI=1S/C22H24ClF3N2OS2/c1-2-3-4-5-6-7-11-29-19-9-8-15(13-17(19)22(24,25)26)27-21-28-18(14-31-21)16-10-12-30-20(16)23/h8-10,12-14H,2-7,11H2,1H3,(H,27,28). The fourth-order valence-electron chi connectivity index (χ4n) is 3.07. The number of unbranched alkanes of at least 4 members (excludes halogenated alkanes) is 5. The lowest BCUT2D eigenvalue weighted by Crippen LogP contribution is -2.10. The second kappa shape index (κ2) is 11.2. The summed E-state index contributed by atoms with van der Waals surface area (Å²) in [7, 11) is 0. The Kier molecular flexibility index (Phi) is 8.63. The van der Waals surface area contributed by atoms with Crippen LogP contribution < -0.4 is 10.1 Å². The van der Waals surface area contributed by atoms with Gasteiger partial charge in [-0.2, -0.15) is 13.2 Å². The van der Waals surface area contributed by atoms with Gasteiger partial charge in [-0.05, 0) is 36.1 Å². The van der Waals surface area contributed by atoms with Crippen LogP contribution in [0, 0.1) is 0 Å². The molecule has 0 saturated carbocycles. The maximum Gasteiger partial charge on any atom is 0.420 e. The van der Waals surface area contributed by atoms with Crippen LogP contribution in [0.25, 0.3) is 11.3 Å². The SMILES string of the molecule is CCCCCCCCOc1ccc(Nc2nc(-c3ccsc3Cl)cs2)cc1C(F)(F)F. The summed E-state index contributed by atoms with van der Waals surface area (Å²) in [4.78, 5) is 4.43. The highest BCUT2D eigenvalue weighted by Crippen LogP contribution is 2.39. The first kappa shape index (κ1) is 23.9. The Hall–Kier alpha value is -1.77. The van der Waals surface area contributed by atoms with E-state index in [0.717, 1.165) is 43.7 Å². The molecular weight excluding hydrogens is 465 g/mol. The molecule has 2 heterocycles. The summed E-state index contributed by atoms with van der Waals surface area (Å²) in [6, 6.07) is 5.87. The average molecular weight is 489 g/mol. The van der Waals surface area contributed by atoms with Crippen LogP contribution in [0.3, 0.4) is 0 Å². The molecule has 0 aliphatic carbocycles. The molecule has 1 N–H and O–H groups in total. The first-order valence-electron chi connectivity index (χ1n) is 10.2. The van der Waals surface area contributed by atoms with Gasteiger partial charge in [0, 0.05) is 16.6 Å². The minimum atomic E-state index is -4.51. The topological polar surface area (TPSA) is 34.1 Å². The van der Waals surface area contributed by atoms with Gasteiger partial charge in [-0.15, -0.1) is 22.7 Å². The van der Waals surface area contributed by atoms with E-state index in [4.69, 9.17) is 16.3 Å². The van der Waals surface area contributed by atoms with Gasteiger partial charge in [0.1, 0.15) is 10.1 Å². The van der Waals surface area contributed by atoms with E-state index in [1.165, 1.54) is 35.2 Å². The van der Waals surface area contributed by atoms with Crippen molar-refractivity contribution < 1.29 is 17.9 Å². The van der Waals surface area contributed by atoms with E-state index in [9.17, 15) is 13.2 Å². The van der Waals surface area contributed by atoms with Gasteiger partial charge in [-0.3, -0.25) is 0 Å². The van der Waals surface area contributed by atoms with Gasteiger partial charge in [0.15, 0.2) is 5.13 Å². The fraction of sp³-hybridized carbons (Fsp3) is 0.409. The molecule has 2 aromatic heterocycles. The van der Waals surface area contributed by atoms with Crippen LogP contribution in [-0.4, -0.2) is 11.6 Å². The summed E-state index contributed by atoms with van der Waals surface area (Å²) in [5, 5.41) is 7.13. The molecule has 0 saturated heterocycles. The third-order valence-electron chi connectivity index (χ3n) is 4.69. The van der Waals surface area contributed by atoms with Crippen molar-refractivity contribution in [3.8, 4) is 17.0 Å². The summed E-state index contributed by atoms with van der Waals surface area (Å²) in [6.07, 6.45) is 1.78. The molecule has 0 aliphatic heterocycles. The summed E-state index contributed by atoms with van der Waals surface area (Å²) < 4.78 is 46.8. The average Bonchev–Trinajstić information content (AvgIpc) is 3.36. The molecule has 1 aromatic carbocycles. The molecule has 0 amide bonds. The third kappa shape index (κ3) is 6.85. The number of anilines is 2. The first-order valence-corrected chi connectivity index (χ1v) is 12.3. The normalized spacial score (nSPS) is 11.6. The van der Waals surface area contributed by atoms with Crippen molar-refractivity contribution in [2.75, 3.05) is 11.9 Å². The Morgan fingerprint density at radius 1 is 1.06 bits per heavy atom. The largest absolute Gasteiger partial charge is 0.493 e. The number of thiophene rings is 1. The predicted molar refractivity (Wildman–Crippen MR) is 124 cm³/mol. The molecular formula is C22H24ClF3N2OS2. The molecule has 3 nitrogen and oxygen atoms in total. The highest BCUT2D eigenvalue weighted by Gasteiger charge is 2.34. The van der Waals surface area contributed by atoms with E-state index < -0.39 is 11.7 Å². The monoisotopic (exact) mass is 488 g/mol. The number of nitrogens with one attached hydrogen (secondary N) is 1. The number of nitrogens with zero attached hydrogens (tertiary/aromatic N) is 1. The van der Waals surface area contributed by atoms with Crippen LogP contribution in [0.4, 0.5) is 24.0 Å². The lowest BCUT2D eigenvalue weighted by atomic mass is 10.1. The van der Waals surface area contributed by atoms with Gasteiger partial charge in [0.05, 0.1) is 17.9 Å². The van der Waals surface area contributed by atoms with Crippen molar-refractivity contribution >= 4 is 45.1 Å². The highest BCUT2D eigenvalue weighted by molar-refractivity contribution is 7.15. The second-order valence-electron chi connectivity index (χ2n) is 7.10. The number of rotatable bonds is 11. The minimum absolute atomic E-state index is 0.142. The molecule has 168 valence electrons. The minimum Gasteiger partial charge on any atom is -0.493 e. The molecule has 3 aromatic rings. The number of halogens is 4. The second-order valence-corrected chi connectivity index (χ2v) is 9.47. The summed E-state index contributed by atoms with van der Waals surface area (Å²) >= 11 is 8.85. The summed E-state index contributed by atoms with van der Waals surface area (Å²) in [5.74, 6) is -0.142. The Bertz CT molecular complexity index is 972. The van der Waals surface area contributed by atoms with Crippen molar-refractivity contribution in [3.63, 3.8) is 0 Å². The highest BCUT2D eigenvalue weighted by atomic mass is 35.5. The fourth-order valence-corrected chi connectivity index (χ4v) is 4.74. The first-order chi connectivity index (χ1) is 14.9. The zero-order valence-electron chi connectivity index (χ0n) is 17.1. The van der Waals surface area contributed by atoms with Gasteiger partial charge >= 0.3 is 6.18 Å². The Morgan fingerprint density at radius 2 is 1.84 bits per heavy atom. The van der Waals surface area contributed by atoms with Crippen LogP contribution in [0.5, 0.6) is 5.75 Å². The van der Waals surface area contributed by atoms with Crippen molar-refractivity contribution in [2.24, 2.45) is 0 Å². The van der Waals surface area contributed by atoms with Gasteiger partial charge in [-0.25, -0.2) is 4.98 Å². The summed E-state index contributed by atoms with van der Waals surface area (Å²) in [5.41, 5.74) is 1.01. The molecule has 0 atom stereocenters. The quantitative estimate of drug-likeness (QED) is 0.273. The van der Waals surface area contributed by atoms with E-state index >= 15 is 0 Å². The van der Waals surface area contributed by atoms with E-state index in [1.54, 1.807) is 6.07 Å². The number of thiazole rings is 1. The van der Waals surface area contributed by atoms with Gasteiger partial charge in [0.2, 0.25) is 0 Å². The molecule has 0 spiro atoms. The van der Waals surface area contributed by atoms with Crippen molar-refractivity contribution in [1.29, 1.82) is 0 Å². The summed E-state index contributed by atoms with van der Waals surface area (Å²) in [6.45, 7) is 2.42. The lowest BCUT2D eigenvalue weighted by molar-refractivity contribution is -0.138. The zero-order chi connectivity index (χ0) is 22.3. The third-order valence-corrected chi connectivity index (χ3v) is 6.62. The van der Waals surface area contributed by atoms with Crippen LogP contribution in [0.15, 0.2) is 35.0 Å². The van der Waals surface area contributed by atoms with Crippen molar-refractivity contribution in [2.45, 2.75) is 51.6 Å². The molecule has 0 fully saturated rings. The number of aromatic nitrogens is 1. The maximum absolute atomic E-state index is 13.6. The predicted octanol–water partition coefficient (Wildman–Crippen LogP) is 9.03. The molecule has 0 unspecified atom stereocenters. The number of benzene rings is 1. The number of ether oxygens (including phenoxy) is 1. The van der Waals surface area contributed by atoms with E-state index in [-0.39, 0.29) is 12.4 Å². The number of alkyl halides is 3. The zero-order valence-corrected chi connectivity index (χ0v) is 19.5. The molecule has 0 radical (unpaired) electrons. The van der Waals surface area contributed by atoms with E-state index in [0.29, 0.717) is 20.8 Å². The smallest absolute Gasteiger partial charge is 0.420 e. The van der Waals surface area contributed by atoms with Gasteiger partial charge < -0.3 is 10.1 Å². The molecule has 3 rings (SSSR count). The van der Waals surface area contributed by atoms with Crippen LogP contribution in [0.2, 0.25) is 4.34 Å². The van der Waals surface area contributed by atoms with Gasteiger partial charge in [0.25, 0.3) is 0 Å². The lowest BCUT2D eigenvalue weighted by Gasteiger charge is -2.15. The Labute approximate surface area is 193 Å². The van der Waals surface area contributed by atoms with E-state index in [1.807, 2.05) is 16.8 Å². The molecule has 9 heteroatoms. The molecule has 31 heavy (non-hydrogen) atoms. The number of hydrogen-bond acceptors (Lipinski definition) is 5. The Balaban J connectivity index is 1.64. The van der Waals surface area contributed by atoms with E-state index in [2.05, 4.69) is 17.2 Å². The molecule has 0 aliphatic rings. The maximum atomic E-state index is 13.6. The van der Waals surface area contributed by atoms with Crippen molar-refractivity contribution in [1.82, 2.24) is 4.98 Å². The van der Waals surface area contributed by atoms with Crippen LogP contribution in [0.1, 0.15) is 51.0 Å². The van der Waals surface area contributed by atoms with Crippen molar-refractivity contribution in [3.05, 3.63) is 44.9 Å². The molecule has 0 bridgehead atoms.